The fraction of sp³-hybridized carbons (Fsp3) is 0.394. The Bertz CT molecular complexity index is 1430. The quantitative estimate of drug-likeness (QED) is 0.303. The molecule has 6 nitrogen and oxygen atoms in total. The van der Waals surface area contributed by atoms with Gasteiger partial charge in [0, 0.05) is 43.5 Å². The van der Waals surface area contributed by atoms with Crippen molar-refractivity contribution in [3.63, 3.8) is 0 Å². The minimum absolute atomic E-state index is 0.0899. The molecule has 1 aromatic heterocycles. The number of halogens is 1. The van der Waals surface area contributed by atoms with Gasteiger partial charge in [-0.3, -0.25) is 14.3 Å². The first-order valence-corrected chi connectivity index (χ1v) is 14.7. The first-order valence-electron chi connectivity index (χ1n) is 14.7. The van der Waals surface area contributed by atoms with E-state index in [9.17, 15) is 9.18 Å². The van der Waals surface area contributed by atoms with Gasteiger partial charge in [-0.1, -0.05) is 37.6 Å². The summed E-state index contributed by atoms with van der Waals surface area (Å²) in [4.78, 5) is 25.2. The molecule has 2 saturated heterocycles. The summed E-state index contributed by atoms with van der Waals surface area (Å²) in [6, 6.07) is 23.6. The second-order valence-electron chi connectivity index (χ2n) is 11.1. The van der Waals surface area contributed by atoms with E-state index in [0.29, 0.717) is 12.5 Å². The van der Waals surface area contributed by atoms with Gasteiger partial charge < -0.3 is 9.80 Å². The third kappa shape index (κ3) is 5.61. The van der Waals surface area contributed by atoms with Gasteiger partial charge in [-0.2, -0.15) is 0 Å². The molecule has 1 amide bonds. The summed E-state index contributed by atoms with van der Waals surface area (Å²) < 4.78 is 15.7. The lowest BCUT2D eigenvalue weighted by Gasteiger charge is -2.39. The van der Waals surface area contributed by atoms with Gasteiger partial charge in [0.05, 0.1) is 17.6 Å². The highest BCUT2D eigenvalue weighted by Crippen LogP contribution is 2.26. The molecule has 2 aliphatic rings. The molecule has 0 aliphatic carbocycles. The van der Waals surface area contributed by atoms with Crippen molar-refractivity contribution in [2.24, 2.45) is 5.92 Å². The number of benzene rings is 3. The molecule has 4 aromatic rings. The maximum Gasteiger partial charge on any atom is 0.225 e. The van der Waals surface area contributed by atoms with Crippen LogP contribution >= 0.6 is 0 Å². The van der Waals surface area contributed by atoms with E-state index in [1.165, 1.54) is 23.4 Å². The molecule has 0 radical (unpaired) electrons. The van der Waals surface area contributed by atoms with E-state index < -0.39 is 0 Å². The summed E-state index contributed by atoms with van der Waals surface area (Å²) in [7, 11) is 0. The van der Waals surface area contributed by atoms with Crippen molar-refractivity contribution in [1.82, 2.24) is 19.4 Å². The molecule has 0 bridgehead atoms. The van der Waals surface area contributed by atoms with Gasteiger partial charge >= 0.3 is 0 Å². The number of amides is 1. The lowest BCUT2D eigenvalue weighted by molar-refractivity contribution is -0.137. The van der Waals surface area contributed by atoms with Crippen molar-refractivity contribution >= 4 is 22.6 Å². The van der Waals surface area contributed by atoms with Gasteiger partial charge in [-0.15, -0.1) is 0 Å². The van der Waals surface area contributed by atoms with Crippen LogP contribution in [0.1, 0.15) is 37.6 Å². The number of para-hydroxylation sites is 2. The van der Waals surface area contributed by atoms with Crippen molar-refractivity contribution in [3.8, 4) is 5.69 Å². The second kappa shape index (κ2) is 11.8. The maximum atomic E-state index is 13.6. The van der Waals surface area contributed by atoms with Gasteiger partial charge in [-0.25, -0.2) is 9.37 Å². The van der Waals surface area contributed by atoms with Gasteiger partial charge in [0.25, 0.3) is 0 Å². The lowest BCUT2D eigenvalue weighted by Crippen LogP contribution is -2.51. The van der Waals surface area contributed by atoms with Gasteiger partial charge in [0.1, 0.15) is 11.6 Å². The summed E-state index contributed by atoms with van der Waals surface area (Å²) in [6.45, 7) is 7.99. The van der Waals surface area contributed by atoms with E-state index in [0.717, 1.165) is 87.5 Å². The molecular weight excluding hydrogens is 501 g/mol. The fourth-order valence-electron chi connectivity index (χ4n) is 6.20. The Labute approximate surface area is 236 Å². The van der Waals surface area contributed by atoms with Crippen LogP contribution < -0.4 is 4.90 Å². The fourth-order valence-corrected chi connectivity index (χ4v) is 6.20. The Balaban J connectivity index is 1.05. The zero-order valence-corrected chi connectivity index (χ0v) is 23.3. The number of anilines is 1. The Morgan fingerprint density at radius 1 is 0.850 bits per heavy atom. The van der Waals surface area contributed by atoms with Crippen molar-refractivity contribution in [2.75, 3.05) is 44.2 Å². The Morgan fingerprint density at radius 2 is 1.52 bits per heavy atom. The Kier molecular flexibility index (Phi) is 7.82. The largest absolute Gasteiger partial charge is 0.368 e. The smallest absolute Gasteiger partial charge is 0.225 e. The normalized spacial score (nSPS) is 17.1. The third-order valence-corrected chi connectivity index (χ3v) is 8.45. The van der Waals surface area contributed by atoms with E-state index in [2.05, 4.69) is 56.5 Å². The number of carbonyl (C=O) groups excluding carboxylic acids is 1. The zero-order valence-electron chi connectivity index (χ0n) is 23.3. The van der Waals surface area contributed by atoms with Crippen LogP contribution in [0, 0.1) is 11.7 Å². The average Bonchev–Trinajstić information content (AvgIpc) is 3.36. The highest BCUT2D eigenvalue weighted by molar-refractivity contribution is 5.79. The SMILES string of the molecule is CCCc1ccc(N2CCN(C(=O)C3CCN(Cc4nc5ccccc5n4-c4ccc(F)cc4)CC3)CC2)cc1. The molecule has 40 heavy (non-hydrogen) atoms. The number of piperidine rings is 1. The summed E-state index contributed by atoms with van der Waals surface area (Å²) in [5.41, 5.74) is 5.50. The summed E-state index contributed by atoms with van der Waals surface area (Å²) in [6.07, 6.45) is 4.02. The van der Waals surface area contributed by atoms with Crippen LogP contribution in [0.3, 0.4) is 0 Å². The summed E-state index contributed by atoms with van der Waals surface area (Å²) in [5, 5.41) is 0. The van der Waals surface area contributed by atoms with Crippen LogP contribution in [0.4, 0.5) is 10.1 Å². The number of carbonyl (C=O) groups is 1. The number of fused-ring (bicyclic) bond motifs is 1. The molecular formula is C33H38FN5O. The number of nitrogens with zero attached hydrogens (tertiary/aromatic N) is 5. The van der Waals surface area contributed by atoms with Gasteiger partial charge in [-0.05, 0) is 86.4 Å². The maximum absolute atomic E-state index is 13.6. The summed E-state index contributed by atoms with van der Waals surface area (Å²) >= 11 is 0. The number of aromatic nitrogens is 2. The molecule has 208 valence electrons. The molecule has 7 heteroatoms. The molecule has 3 heterocycles. The molecule has 2 aliphatic heterocycles. The van der Waals surface area contributed by atoms with Crippen LogP contribution in [0.5, 0.6) is 0 Å². The Hall–Kier alpha value is -3.71. The van der Waals surface area contributed by atoms with Gasteiger partial charge in [0.2, 0.25) is 5.91 Å². The summed E-state index contributed by atoms with van der Waals surface area (Å²) in [5.74, 6) is 1.10. The second-order valence-corrected chi connectivity index (χ2v) is 11.1. The Morgan fingerprint density at radius 3 is 2.23 bits per heavy atom. The van der Waals surface area contributed by atoms with E-state index in [1.807, 2.05) is 18.2 Å². The molecule has 0 unspecified atom stereocenters. The molecule has 0 spiro atoms. The van der Waals surface area contributed by atoms with Crippen molar-refractivity contribution in [2.45, 2.75) is 39.2 Å². The van der Waals surface area contributed by atoms with Crippen molar-refractivity contribution in [1.29, 1.82) is 0 Å². The molecule has 6 rings (SSSR count). The molecule has 0 atom stereocenters. The first-order chi connectivity index (χ1) is 19.6. The van der Waals surface area contributed by atoms with E-state index in [-0.39, 0.29) is 11.7 Å². The van der Waals surface area contributed by atoms with Crippen molar-refractivity contribution < 1.29 is 9.18 Å². The minimum Gasteiger partial charge on any atom is -0.368 e. The number of rotatable bonds is 7. The number of piperazine rings is 1. The number of aryl methyl sites for hydroxylation is 1. The monoisotopic (exact) mass is 539 g/mol. The van der Waals surface area contributed by atoms with Crippen LogP contribution in [-0.2, 0) is 17.8 Å². The molecule has 3 aromatic carbocycles. The van der Waals surface area contributed by atoms with E-state index >= 15 is 0 Å². The van der Waals surface area contributed by atoms with E-state index in [4.69, 9.17) is 4.98 Å². The molecule has 0 N–H and O–H groups in total. The van der Waals surface area contributed by atoms with Crippen molar-refractivity contribution in [3.05, 3.63) is 90.0 Å². The van der Waals surface area contributed by atoms with E-state index in [1.54, 1.807) is 12.1 Å². The topological polar surface area (TPSA) is 44.6 Å². The highest BCUT2D eigenvalue weighted by Gasteiger charge is 2.31. The number of imidazole rings is 1. The number of hydrogen-bond acceptors (Lipinski definition) is 4. The average molecular weight is 540 g/mol. The predicted octanol–water partition coefficient (Wildman–Crippen LogP) is 5.68. The minimum atomic E-state index is -0.246. The van der Waals surface area contributed by atoms with Crippen LogP contribution in [0.25, 0.3) is 16.7 Å². The highest BCUT2D eigenvalue weighted by atomic mass is 19.1. The number of hydrogen-bond donors (Lipinski definition) is 0. The molecule has 2 fully saturated rings. The standard InChI is InChI=1S/C33H38FN5O/c1-2-5-25-8-12-28(13-9-25)37-20-22-38(23-21-37)33(40)26-16-18-36(19-17-26)24-32-35-30-6-3-4-7-31(30)39(32)29-14-10-27(34)11-15-29/h3-4,6-15,26H,2,5,16-24H2,1H3. The van der Waals surface area contributed by atoms with Crippen LogP contribution in [0.2, 0.25) is 0 Å². The van der Waals surface area contributed by atoms with Crippen LogP contribution in [0.15, 0.2) is 72.8 Å². The predicted molar refractivity (Wildman–Crippen MR) is 158 cm³/mol. The third-order valence-electron chi connectivity index (χ3n) is 8.45. The first kappa shape index (κ1) is 26.5. The van der Waals surface area contributed by atoms with Crippen LogP contribution in [-0.4, -0.2) is 64.5 Å². The number of likely N-dealkylation sites (tertiary alicyclic amines) is 1. The van der Waals surface area contributed by atoms with Gasteiger partial charge in [0.15, 0.2) is 0 Å². The lowest BCUT2D eigenvalue weighted by atomic mass is 9.95. The molecule has 0 saturated carbocycles. The zero-order chi connectivity index (χ0) is 27.5.